The van der Waals surface area contributed by atoms with Crippen LogP contribution in [0, 0.1) is 0 Å². The highest BCUT2D eigenvalue weighted by molar-refractivity contribution is 7.81. The van der Waals surface area contributed by atoms with E-state index < -0.39 is 10.4 Å². The molecule has 0 amide bonds. The van der Waals surface area contributed by atoms with Gasteiger partial charge in [0.1, 0.15) is 0 Å². The molecule has 2 fully saturated rings. The standard InChI is InChI=1S/C10H18O4S/c11-15(12,13-9-5-1-2-6-9)14-10-7-3-4-8-10/h9-10H,1-8H2. The summed E-state index contributed by atoms with van der Waals surface area (Å²) in [5.41, 5.74) is 0. The Bertz CT molecular complexity index is 263. The van der Waals surface area contributed by atoms with Gasteiger partial charge in [-0.2, -0.15) is 8.42 Å². The average molecular weight is 234 g/mol. The molecule has 0 aromatic heterocycles. The molecule has 0 bridgehead atoms. The third-order valence-corrected chi connectivity index (χ3v) is 4.13. The minimum Gasteiger partial charge on any atom is -0.245 e. The van der Waals surface area contributed by atoms with Gasteiger partial charge in [-0.15, -0.1) is 0 Å². The molecule has 2 aliphatic rings. The third kappa shape index (κ3) is 3.43. The van der Waals surface area contributed by atoms with Crippen molar-refractivity contribution in [2.45, 2.75) is 63.6 Å². The number of hydrogen-bond acceptors (Lipinski definition) is 4. The summed E-state index contributed by atoms with van der Waals surface area (Å²) in [6.45, 7) is 0. The van der Waals surface area contributed by atoms with Gasteiger partial charge >= 0.3 is 10.4 Å². The van der Waals surface area contributed by atoms with Crippen LogP contribution in [0.25, 0.3) is 0 Å². The lowest BCUT2D eigenvalue weighted by Gasteiger charge is -2.14. The second kappa shape index (κ2) is 4.80. The molecule has 0 unspecified atom stereocenters. The van der Waals surface area contributed by atoms with Crippen LogP contribution in [0.3, 0.4) is 0 Å². The number of rotatable bonds is 4. The van der Waals surface area contributed by atoms with E-state index in [2.05, 4.69) is 0 Å². The van der Waals surface area contributed by atoms with Gasteiger partial charge in [0.05, 0.1) is 12.2 Å². The topological polar surface area (TPSA) is 52.6 Å². The molecule has 0 atom stereocenters. The average Bonchev–Trinajstić information content (AvgIpc) is 2.75. The van der Waals surface area contributed by atoms with Gasteiger partial charge in [-0.1, -0.05) is 25.7 Å². The first-order chi connectivity index (χ1) is 7.16. The second-order valence-electron chi connectivity index (χ2n) is 4.41. The Kier molecular flexibility index (Phi) is 3.64. The van der Waals surface area contributed by atoms with Crippen LogP contribution in [-0.2, 0) is 18.8 Å². The molecule has 0 heterocycles. The highest BCUT2D eigenvalue weighted by Gasteiger charge is 2.28. The molecule has 0 spiro atoms. The van der Waals surface area contributed by atoms with E-state index in [1.54, 1.807) is 0 Å². The summed E-state index contributed by atoms with van der Waals surface area (Å²) >= 11 is 0. The van der Waals surface area contributed by atoms with Crippen LogP contribution in [-0.4, -0.2) is 20.6 Å². The summed E-state index contributed by atoms with van der Waals surface area (Å²) in [5, 5.41) is 0. The minimum atomic E-state index is -3.75. The van der Waals surface area contributed by atoms with Crippen molar-refractivity contribution < 1.29 is 16.8 Å². The highest BCUT2D eigenvalue weighted by Crippen LogP contribution is 2.26. The molecule has 4 nitrogen and oxygen atoms in total. The van der Waals surface area contributed by atoms with Gasteiger partial charge in [0.25, 0.3) is 0 Å². The summed E-state index contributed by atoms with van der Waals surface area (Å²) < 4.78 is 33.0. The molecule has 0 N–H and O–H groups in total. The molecule has 2 rings (SSSR count). The van der Waals surface area contributed by atoms with Crippen LogP contribution in [0.1, 0.15) is 51.4 Å². The van der Waals surface area contributed by atoms with Crippen molar-refractivity contribution in [3.8, 4) is 0 Å². The van der Waals surface area contributed by atoms with Gasteiger partial charge in [0.2, 0.25) is 0 Å². The van der Waals surface area contributed by atoms with E-state index in [4.69, 9.17) is 8.37 Å². The molecular formula is C10H18O4S. The zero-order valence-electron chi connectivity index (χ0n) is 8.85. The van der Waals surface area contributed by atoms with Gasteiger partial charge in [0.15, 0.2) is 0 Å². The van der Waals surface area contributed by atoms with Crippen LogP contribution in [0.2, 0.25) is 0 Å². The van der Waals surface area contributed by atoms with E-state index in [0.717, 1.165) is 51.4 Å². The lowest BCUT2D eigenvalue weighted by molar-refractivity contribution is 0.128. The molecule has 88 valence electrons. The van der Waals surface area contributed by atoms with E-state index in [9.17, 15) is 8.42 Å². The fourth-order valence-electron chi connectivity index (χ4n) is 2.33. The smallest absolute Gasteiger partial charge is 0.245 e. The molecule has 0 aromatic carbocycles. The first-order valence-corrected chi connectivity index (χ1v) is 7.10. The van der Waals surface area contributed by atoms with E-state index in [-0.39, 0.29) is 12.2 Å². The van der Waals surface area contributed by atoms with Crippen LogP contribution in [0.4, 0.5) is 0 Å². The molecule has 0 saturated heterocycles. The zero-order valence-corrected chi connectivity index (χ0v) is 9.67. The molecular weight excluding hydrogens is 216 g/mol. The van der Waals surface area contributed by atoms with E-state index >= 15 is 0 Å². The SMILES string of the molecule is O=S(=O)(OC1CCCC1)OC1CCCC1. The summed E-state index contributed by atoms with van der Waals surface area (Å²) in [6.07, 6.45) is 7.31. The lowest BCUT2D eigenvalue weighted by atomic mass is 10.3. The van der Waals surface area contributed by atoms with Crippen molar-refractivity contribution >= 4 is 10.4 Å². The Morgan fingerprint density at radius 2 is 1.07 bits per heavy atom. The Labute approximate surface area is 91.3 Å². The maximum Gasteiger partial charge on any atom is 0.400 e. The van der Waals surface area contributed by atoms with Crippen molar-refractivity contribution in [1.82, 2.24) is 0 Å². The van der Waals surface area contributed by atoms with Crippen LogP contribution >= 0.6 is 0 Å². The second-order valence-corrected chi connectivity index (χ2v) is 5.62. The Morgan fingerprint density at radius 3 is 1.40 bits per heavy atom. The van der Waals surface area contributed by atoms with Crippen molar-refractivity contribution in [1.29, 1.82) is 0 Å². The van der Waals surface area contributed by atoms with Gasteiger partial charge in [-0.3, -0.25) is 0 Å². The Balaban J connectivity index is 1.82. The summed E-state index contributed by atoms with van der Waals surface area (Å²) in [4.78, 5) is 0. The largest absolute Gasteiger partial charge is 0.400 e. The van der Waals surface area contributed by atoms with E-state index in [1.165, 1.54) is 0 Å². The third-order valence-electron chi connectivity index (χ3n) is 3.11. The Hall–Kier alpha value is -0.130. The molecule has 15 heavy (non-hydrogen) atoms. The van der Waals surface area contributed by atoms with Gasteiger partial charge in [0, 0.05) is 0 Å². The minimum absolute atomic E-state index is 0.142. The van der Waals surface area contributed by atoms with Crippen molar-refractivity contribution in [3.63, 3.8) is 0 Å². The molecule has 0 aliphatic heterocycles. The molecule has 0 radical (unpaired) electrons. The molecule has 5 heteroatoms. The van der Waals surface area contributed by atoms with Crippen LogP contribution in [0.5, 0.6) is 0 Å². The van der Waals surface area contributed by atoms with Crippen molar-refractivity contribution in [2.24, 2.45) is 0 Å². The van der Waals surface area contributed by atoms with Crippen LogP contribution < -0.4 is 0 Å². The van der Waals surface area contributed by atoms with Crippen molar-refractivity contribution in [3.05, 3.63) is 0 Å². The normalized spacial score (nSPS) is 25.1. The molecule has 0 aromatic rings. The first kappa shape index (κ1) is 11.4. The molecule has 2 saturated carbocycles. The number of hydrogen-bond donors (Lipinski definition) is 0. The monoisotopic (exact) mass is 234 g/mol. The zero-order chi connectivity index (χ0) is 10.7. The predicted molar refractivity (Wildman–Crippen MR) is 55.6 cm³/mol. The van der Waals surface area contributed by atoms with E-state index in [1.807, 2.05) is 0 Å². The van der Waals surface area contributed by atoms with Gasteiger partial charge < -0.3 is 0 Å². The maximum atomic E-state index is 11.5. The lowest BCUT2D eigenvalue weighted by Crippen LogP contribution is -2.22. The van der Waals surface area contributed by atoms with E-state index in [0.29, 0.717) is 0 Å². The summed E-state index contributed by atoms with van der Waals surface area (Å²) in [6, 6.07) is 0. The fraction of sp³-hybridized carbons (Fsp3) is 1.00. The quantitative estimate of drug-likeness (QED) is 0.748. The van der Waals surface area contributed by atoms with Crippen LogP contribution in [0.15, 0.2) is 0 Å². The van der Waals surface area contributed by atoms with Gasteiger partial charge in [-0.05, 0) is 25.7 Å². The summed E-state index contributed by atoms with van der Waals surface area (Å²) in [7, 11) is -3.75. The Morgan fingerprint density at radius 1 is 0.733 bits per heavy atom. The summed E-state index contributed by atoms with van der Waals surface area (Å²) in [5.74, 6) is 0. The van der Waals surface area contributed by atoms with Crippen molar-refractivity contribution in [2.75, 3.05) is 0 Å². The predicted octanol–water partition coefficient (Wildman–Crippen LogP) is 2.15. The van der Waals surface area contributed by atoms with Gasteiger partial charge in [-0.25, -0.2) is 8.37 Å². The molecule has 2 aliphatic carbocycles. The fourth-order valence-corrected chi connectivity index (χ4v) is 3.42. The first-order valence-electron chi connectivity index (χ1n) is 5.77. The highest BCUT2D eigenvalue weighted by atomic mass is 32.3. The maximum absolute atomic E-state index is 11.5.